The molecular weight excluding hydrogens is 196 g/mol. The highest BCUT2D eigenvalue weighted by atomic mass is 35.5. The van der Waals surface area contributed by atoms with E-state index in [9.17, 15) is 5.11 Å². The van der Waals surface area contributed by atoms with Crippen LogP contribution in [0.5, 0.6) is 0 Å². The summed E-state index contributed by atoms with van der Waals surface area (Å²) in [4.78, 5) is 0. The maximum Gasteiger partial charge on any atom is 0.0675 e. The number of rotatable bonds is 10. The van der Waals surface area contributed by atoms with E-state index in [1.54, 1.807) is 0 Å². The number of aliphatic hydroxyl groups excluding tert-OH is 1. The summed E-state index contributed by atoms with van der Waals surface area (Å²) in [6.07, 6.45) is 11.1. The molecule has 0 heterocycles. The van der Waals surface area contributed by atoms with E-state index in [1.165, 1.54) is 44.9 Å². The molecule has 0 saturated heterocycles. The van der Waals surface area contributed by atoms with Crippen LogP contribution in [0.1, 0.15) is 64.7 Å². The molecule has 0 aliphatic carbocycles. The van der Waals surface area contributed by atoms with E-state index in [1.807, 2.05) is 0 Å². The minimum absolute atomic E-state index is 0.281. The lowest BCUT2D eigenvalue weighted by Gasteiger charge is -2.05. The largest absolute Gasteiger partial charge is 0.392 e. The van der Waals surface area contributed by atoms with Crippen molar-refractivity contribution in [2.24, 2.45) is 0 Å². The summed E-state index contributed by atoms with van der Waals surface area (Å²) < 4.78 is 0. The van der Waals surface area contributed by atoms with Crippen LogP contribution >= 0.6 is 11.6 Å². The van der Waals surface area contributed by atoms with Gasteiger partial charge in [0.25, 0.3) is 0 Å². The van der Waals surface area contributed by atoms with Gasteiger partial charge >= 0.3 is 0 Å². The summed E-state index contributed by atoms with van der Waals surface area (Å²) in [6, 6.07) is 0. The molecule has 86 valence electrons. The van der Waals surface area contributed by atoms with Gasteiger partial charge in [-0.3, -0.25) is 0 Å². The molecule has 1 N–H and O–H groups in total. The Hall–Kier alpha value is 0.250. The van der Waals surface area contributed by atoms with Gasteiger partial charge in [0.2, 0.25) is 0 Å². The Bertz CT molecular complexity index is 106. The van der Waals surface area contributed by atoms with Crippen molar-refractivity contribution in [1.29, 1.82) is 0 Å². The number of unbranched alkanes of at least 4 members (excludes halogenated alkanes) is 7. The van der Waals surface area contributed by atoms with Gasteiger partial charge in [-0.15, -0.1) is 11.6 Å². The summed E-state index contributed by atoms with van der Waals surface area (Å²) >= 11 is 5.50. The molecule has 0 aromatic carbocycles. The predicted octanol–water partition coefficient (Wildman–Crippen LogP) is 4.12. The normalized spacial score (nSPS) is 13.1. The van der Waals surface area contributed by atoms with Crippen molar-refractivity contribution >= 4 is 11.6 Å². The number of alkyl halides is 1. The minimum Gasteiger partial charge on any atom is -0.392 e. The van der Waals surface area contributed by atoms with Crippen molar-refractivity contribution < 1.29 is 5.11 Å². The summed E-state index contributed by atoms with van der Waals surface area (Å²) in [5.74, 6) is 0.385. The van der Waals surface area contributed by atoms with Crippen LogP contribution in [0.4, 0.5) is 0 Å². The van der Waals surface area contributed by atoms with E-state index in [0.717, 1.165) is 12.8 Å². The first-order valence-electron chi connectivity index (χ1n) is 6.05. The Balaban J connectivity index is 2.92. The summed E-state index contributed by atoms with van der Waals surface area (Å²) in [7, 11) is 0. The second kappa shape index (κ2) is 11.3. The molecule has 0 aromatic rings. The quantitative estimate of drug-likeness (QED) is 0.434. The number of halogens is 1. The van der Waals surface area contributed by atoms with Crippen molar-refractivity contribution in [3.05, 3.63) is 0 Å². The van der Waals surface area contributed by atoms with Crippen molar-refractivity contribution in [3.63, 3.8) is 0 Å². The highest BCUT2D eigenvalue weighted by molar-refractivity contribution is 6.18. The number of hydrogen-bond donors (Lipinski definition) is 1. The third-order valence-corrected chi connectivity index (χ3v) is 2.93. The monoisotopic (exact) mass is 220 g/mol. The maximum absolute atomic E-state index is 9.20. The molecule has 0 aliphatic heterocycles. The van der Waals surface area contributed by atoms with Crippen LogP contribution in [0.2, 0.25) is 0 Å². The molecule has 0 rings (SSSR count). The van der Waals surface area contributed by atoms with Gasteiger partial charge in [-0.05, 0) is 6.42 Å². The average molecular weight is 221 g/mol. The zero-order chi connectivity index (χ0) is 10.6. The second-order valence-electron chi connectivity index (χ2n) is 4.07. The topological polar surface area (TPSA) is 20.2 Å². The molecule has 1 unspecified atom stereocenters. The fourth-order valence-corrected chi connectivity index (χ4v) is 1.75. The lowest BCUT2D eigenvalue weighted by atomic mass is 10.1. The zero-order valence-corrected chi connectivity index (χ0v) is 10.2. The molecule has 0 amide bonds. The van der Waals surface area contributed by atoms with E-state index in [-0.39, 0.29) is 6.10 Å². The molecule has 0 bridgehead atoms. The van der Waals surface area contributed by atoms with Gasteiger partial charge in [0.15, 0.2) is 0 Å². The third kappa shape index (κ3) is 10.3. The fraction of sp³-hybridized carbons (Fsp3) is 1.00. The van der Waals surface area contributed by atoms with Gasteiger partial charge in [0.05, 0.1) is 6.10 Å². The third-order valence-electron chi connectivity index (χ3n) is 2.57. The van der Waals surface area contributed by atoms with E-state index in [4.69, 9.17) is 11.6 Å². The van der Waals surface area contributed by atoms with Gasteiger partial charge in [0, 0.05) is 5.88 Å². The van der Waals surface area contributed by atoms with Crippen molar-refractivity contribution in [1.82, 2.24) is 0 Å². The average Bonchev–Trinajstić information content (AvgIpc) is 2.21. The van der Waals surface area contributed by atoms with E-state index in [2.05, 4.69) is 6.92 Å². The zero-order valence-electron chi connectivity index (χ0n) is 9.47. The van der Waals surface area contributed by atoms with Crippen LogP contribution in [0, 0.1) is 0 Å². The second-order valence-corrected chi connectivity index (χ2v) is 4.38. The molecule has 0 spiro atoms. The SMILES string of the molecule is CCCCCCCCCCC(O)CCl. The van der Waals surface area contributed by atoms with Crippen LogP contribution in [0.25, 0.3) is 0 Å². The highest BCUT2D eigenvalue weighted by Gasteiger charge is 2.00. The molecule has 0 aliphatic rings. The molecule has 0 radical (unpaired) electrons. The van der Waals surface area contributed by atoms with Crippen LogP contribution in [-0.2, 0) is 0 Å². The van der Waals surface area contributed by atoms with E-state index in [0.29, 0.717) is 5.88 Å². The lowest BCUT2D eigenvalue weighted by Crippen LogP contribution is -2.07. The number of aliphatic hydroxyl groups is 1. The Morgan fingerprint density at radius 1 is 0.929 bits per heavy atom. The Morgan fingerprint density at radius 2 is 1.43 bits per heavy atom. The van der Waals surface area contributed by atoms with Crippen LogP contribution in [-0.4, -0.2) is 17.1 Å². The van der Waals surface area contributed by atoms with Gasteiger partial charge in [0.1, 0.15) is 0 Å². The van der Waals surface area contributed by atoms with Gasteiger partial charge in [-0.1, -0.05) is 58.3 Å². The van der Waals surface area contributed by atoms with Crippen LogP contribution in [0.15, 0.2) is 0 Å². The van der Waals surface area contributed by atoms with E-state index >= 15 is 0 Å². The molecular formula is C12H25ClO. The Kier molecular flexibility index (Phi) is 11.5. The van der Waals surface area contributed by atoms with E-state index < -0.39 is 0 Å². The summed E-state index contributed by atoms with van der Waals surface area (Å²) in [6.45, 7) is 2.24. The number of hydrogen-bond acceptors (Lipinski definition) is 1. The minimum atomic E-state index is -0.281. The Labute approximate surface area is 93.9 Å². The first-order chi connectivity index (χ1) is 6.81. The molecule has 0 aromatic heterocycles. The summed E-state index contributed by atoms with van der Waals surface area (Å²) in [5, 5.41) is 9.20. The maximum atomic E-state index is 9.20. The first-order valence-corrected chi connectivity index (χ1v) is 6.58. The summed E-state index contributed by atoms with van der Waals surface area (Å²) in [5.41, 5.74) is 0. The van der Waals surface area contributed by atoms with Crippen LogP contribution < -0.4 is 0 Å². The molecule has 0 fully saturated rings. The molecule has 2 heteroatoms. The fourth-order valence-electron chi connectivity index (χ4n) is 1.59. The van der Waals surface area contributed by atoms with Gasteiger partial charge in [-0.2, -0.15) is 0 Å². The first kappa shape index (κ1) is 14.2. The molecule has 1 atom stereocenters. The predicted molar refractivity (Wildman–Crippen MR) is 64.0 cm³/mol. The van der Waals surface area contributed by atoms with Gasteiger partial charge < -0.3 is 5.11 Å². The van der Waals surface area contributed by atoms with Crippen molar-refractivity contribution in [3.8, 4) is 0 Å². The smallest absolute Gasteiger partial charge is 0.0675 e. The van der Waals surface area contributed by atoms with Gasteiger partial charge in [-0.25, -0.2) is 0 Å². The highest BCUT2D eigenvalue weighted by Crippen LogP contribution is 2.10. The standard InChI is InChI=1S/C12H25ClO/c1-2-3-4-5-6-7-8-9-10-12(14)11-13/h12,14H,2-11H2,1H3. The Morgan fingerprint density at radius 3 is 1.93 bits per heavy atom. The molecule has 14 heavy (non-hydrogen) atoms. The lowest BCUT2D eigenvalue weighted by molar-refractivity contribution is 0.183. The van der Waals surface area contributed by atoms with Crippen molar-refractivity contribution in [2.75, 3.05) is 5.88 Å². The molecule has 1 nitrogen and oxygen atoms in total. The molecule has 0 saturated carbocycles. The van der Waals surface area contributed by atoms with Crippen molar-refractivity contribution in [2.45, 2.75) is 70.8 Å². The van der Waals surface area contributed by atoms with Crippen LogP contribution in [0.3, 0.4) is 0 Å².